The van der Waals surface area contributed by atoms with Gasteiger partial charge in [0.2, 0.25) is 0 Å². The van der Waals surface area contributed by atoms with Gasteiger partial charge in [-0.2, -0.15) is 5.10 Å². The smallest absolute Gasteiger partial charge is 0.0746 e. The minimum atomic E-state index is -0.0732. The third kappa shape index (κ3) is 2.27. The summed E-state index contributed by atoms with van der Waals surface area (Å²) in [4.78, 5) is 0. The zero-order chi connectivity index (χ0) is 13.3. The number of hydrogen-bond donors (Lipinski definition) is 2. The van der Waals surface area contributed by atoms with Crippen LogP contribution in [0.4, 0.5) is 0 Å². The summed E-state index contributed by atoms with van der Waals surface area (Å²) < 4.78 is 1.87. The number of hydrogen-bond acceptors (Lipinski definition) is 3. The first-order valence-corrected chi connectivity index (χ1v) is 6.14. The van der Waals surface area contributed by atoms with E-state index in [-0.39, 0.29) is 6.04 Å². The second kappa shape index (κ2) is 5.10. The molecule has 1 unspecified atom stereocenters. The molecule has 4 nitrogen and oxygen atoms in total. The predicted molar refractivity (Wildman–Crippen MR) is 73.3 cm³/mol. The van der Waals surface area contributed by atoms with Crippen molar-refractivity contribution in [2.24, 2.45) is 12.9 Å². The molecule has 0 spiro atoms. The van der Waals surface area contributed by atoms with Crippen molar-refractivity contribution < 1.29 is 0 Å². The highest BCUT2D eigenvalue weighted by Crippen LogP contribution is 2.27. The van der Waals surface area contributed by atoms with Crippen molar-refractivity contribution in [3.05, 3.63) is 51.8 Å². The van der Waals surface area contributed by atoms with Crippen molar-refractivity contribution in [3.63, 3.8) is 0 Å². The molecule has 96 valence electrons. The molecule has 0 saturated carbocycles. The lowest BCUT2D eigenvalue weighted by molar-refractivity contribution is 0.628. The lowest BCUT2D eigenvalue weighted by atomic mass is 9.98. The van der Waals surface area contributed by atoms with E-state index in [2.05, 4.69) is 10.5 Å². The van der Waals surface area contributed by atoms with Gasteiger partial charge < -0.3 is 0 Å². The summed E-state index contributed by atoms with van der Waals surface area (Å²) in [7, 11) is 1.93. The number of halogens is 1. The molecule has 0 fully saturated rings. The molecule has 0 radical (unpaired) electrons. The fourth-order valence-electron chi connectivity index (χ4n) is 2.21. The van der Waals surface area contributed by atoms with Gasteiger partial charge in [0, 0.05) is 23.3 Å². The SMILES string of the molecule is Cc1nn(C)c(C)c1C(NN)c1ccc(Cl)cc1. The van der Waals surface area contributed by atoms with Crippen LogP contribution in [0.2, 0.25) is 5.02 Å². The monoisotopic (exact) mass is 264 g/mol. The third-order valence-corrected chi connectivity index (χ3v) is 3.48. The average molecular weight is 265 g/mol. The molecule has 2 rings (SSSR count). The van der Waals surface area contributed by atoms with E-state index in [1.807, 2.05) is 49.8 Å². The van der Waals surface area contributed by atoms with E-state index in [0.29, 0.717) is 5.02 Å². The molecular weight excluding hydrogens is 248 g/mol. The molecule has 18 heavy (non-hydrogen) atoms. The van der Waals surface area contributed by atoms with Gasteiger partial charge in [-0.1, -0.05) is 23.7 Å². The van der Waals surface area contributed by atoms with Crippen LogP contribution < -0.4 is 11.3 Å². The van der Waals surface area contributed by atoms with Gasteiger partial charge in [0.15, 0.2) is 0 Å². The molecule has 5 heteroatoms. The number of nitrogens with zero attached hydrogens (tertiary/aromatic N) is 2. The number of nitrogens with one attached hydrogen (secondary N) is 1. The number of aryl methyl sites for hydroxylation is 2. The van der Waals surface area contributed by atoms with Crippen LogP contribution >= 0.6 is 11.6 Å². The van der Waals surface area contributed by atoms with Crippen LogP contribution in [0.25, 0.3) is 0 Å². The molecule has 0 bridgehead atoms. The van der Waals surface area contributed by atoms with Gasteiger partial charge in [-0.25, -0.2) is 5.43 Å². The molecular formula is C13H17ClN4. The first-order valence-electron chi connectivity index (χ1n) is 5.76. The Balaban J connectivity index is 2.48. The lowest BCUT2D eigenvalue weighted by Crippen LogP contribution is -2.29. The molecule has 3 N–H and O–H groups in total. The van der Waals surface area contributed by atoms with Crippen molar-refractivity contribution >= 4 is 11.6 Å². The standard InChI is InChI=1S/C13H17ClN4/c1-8-12(9(2)18(3)17-8)13(16-15)10-4-6-11(14)7-5-10/h4-7,13,16H,15H2,1-3H3. The maximum absolute atomic E-state index is 5.90. The van der Waals surface area contributed by atoms with Gasteiger partial charge in [0.1, 0.15) is 0 Å². The second-order valence-corrected chi connectivity index (χ2v) is 4.80. The maximum Gasteiger partial charge on any atom is 0.0746 e. The second-order valence-electron chi connectivity index (χ2n) is 4.36. The molecule has 0 aliphatic carbocycles. The molecule has 0 amide bonds. The van der Waals surface area contributed by atoms with Crippen LogP contribution in [-0.2, 0) is 7.05 Å². The van der Waals surface area contributed by atoms with Crippen molar-refractivity contribution in [3.8, 4) is 0 Å². The Kier molecular flexibility index (Phi) is 3.71. The third-order valence-electron chi connectivity index (χ3n) is 3.22. The zero-order valence-corrected chi connectivity index (χ0v) is 11.5. The molecule has 1 heterocycles. The van der Waals surface area contributed by atoms with E-state index in [0.717, 1.165) is 22.5 Å². The van der Waals surface area contributed by atoms with E-state index < -0.39 is 0 Å². The Morgan fingerprint density at radius 1 is 1.28 bits per heavy atom. The highest BCUT2D eigenvalue weighted by atomic mass is 35.5. The van der Waals surface area contributed by atoms with Crippen LogP contribution in [0.3, 0.4) is 0 Å². The number of hydrazine groups is 1. The van der Waals surface area contributed by atoms with E-state index in [1.165, 1.54) is 0 Å². The summed E-state index contributed by atoms with van der Waals surface area (Å²) >= 11 is 5.90. The van der Waals surface area contributed by atoms with Crippen LogP contribution in [0, 0.1) is 13.8 Å². The van der Waals surface area contributed by atoms with E-state index in [1.54, 1.807) is 0 Å². The Hall–Kier alpha value is -1.36. The molecule has 2 aromatic rings. The Bertz CT molecular complexity index is 545. The zero-order valence-electron chi connectivity index (χ0n) is 10.7. The molecule has 0 aliphatic heterocycles. The summed E-state index contributed by atoms with van der Waals surface area (Å²) in [6.45, 7) is 4.03. The predicted octanol–water partition coefficient (Wildman–Crippen LogP) is 2.24. The van der Waals surface area contributed by atoms with Crippen molar-refractivity contribution in [2.75, 3.05) is 0 Å². The van der Waals surface area contributed by atoms with E-state index in [9.17, 15) is 0 Å². The molecule has 1 aromatic carbocycles. The quantitative estimate of drug-likeness (QED) is 0.660. The molecule has 1 aromatic heterocycles. The van der Waals surface area contributed by atoms with Crippen LogP contribution in [0.15, 0.2) is 24.3 Å². The molecule has 0 aliphatic rings. The van der Waals surface area contributed by atoms with E-state index in [4.69, 9.17) is 17.4 Å². The van der Waals surface area contributed by atoms with Crippen LogP contribution in [0.5, 0.6) is 0 Å². The highest BCUT2D eigenvalue weighted by Gasteiger charge is 2.20. The van der Waals surface area contributed by atoms with E-state index >= 15 is 0 Å². The number of rotatable bonds is 3. The summed E-state index contributed by atoms with van der Waals surface area (Å²) in [5.41, 5.74) is 7.12. The minimum absolute atomic E-state index is 0.0732. The van der Waals surface area contributed by atoms with Gasteiger partial charge in [-0.3, -0.25) is 10.5 Å². The van der Waals surface area contributed by atoms with Crippen LogP contribution in [0.1, 0.15) is 28.6 Å². The van der Waals surface area contributed by atoms with Gasteiger partial charge in [0.25, 0.3) is 0 Å². The summed E-state index contributed by atoms with van der Waals surface area (Å²) in [5.74, 6) is 5.70. The van der Waals surface area contributed by atoms with Gasteiger partial charge in [-0.15, -0.1) is 0 Å². The Labute approximate surface area is 112 Å². The molecule has 0 saturated heterocycles. The fourth-order valence-corrected chi connectivity index (χ4v) is 2.34. The summed E-state index contributed by atoms with van der Waals surface area (Å²) in [6, 6.07) is 7.60. The first-order chi connectivity index (χ1) is 8.54. The van der Waals surface area contributed by atoms with Gasteiger partial charge in [-0.05, 0) is 31.5 Å². The van der Waals surface area contributed by atoms with Crippen molar-refractivity contribution in [1.82, 2.24) is 15.2 Å². The summed E-state index contributed by atoms with van der Waals surface area (Å²) in [5, 5.41) is 5.13. The maximum atomic E-state index is 5.90. The molecule has 1 atom stereocenters. The Morgan fingerprint density at radius 2 is 1.89 bits per heavy atom. The average Bonchev–Trinajstić information content (AvgIpc) is 2.59. The first kappa shape index (κ1) is 13.1. The number of aromatic nitrogens is 2. The Morgan fingerprint density at radius 3 is 2.33 bits per heavy atom. The largest absolute Gasteiger partial charge is 0.272 e. The number of nitrogens with two attached hydrogens (primary N) is 1. The highest BCUT2D eigenvalue weighted by molar-refractivity contribution is 6.30. The van der Waals surface area contributed by atoms with Crippen molar-refractivity contribution in [2.45, 2.75) is 19.9 Å². The summed E-state index contributed by atoms with van der Waals surface area (Å²) in [6.07, 6.45) is 0. The van der Waals surface area contributed by atoms with Crippen LogP contribution in [-0.4, -0.2) is 9.78 Å². The minimum Gasteiger partial charge on any atom is -0.272 e. The normalized spacial score (nSPS) is 12.7. The van der Waals surface area contributed by atoms with Gasteiger partial charge in [0.05, 0.1) is 11.7 Å². The van der Waals surface area contributed by atoms with Gasteiger partial charge >= 0.3 is 0 Å². The van der Waals surface area contributed by atoms with Crippen molar-refractivity contribution in [1.29, 1.82) is 0 Å². The number of benzene rings is 1. The lowest BCUT2D eigenvalue weighted by Gasteiger charge is -2.17. The topological polar surface area (TPSA) is 55.9 Å². The fraction of sp³-hybridized carbons (Fsp3) is 0.308.